The van der Waals surface area contributed by atoms with E-state index in [0.29, 0.717) is 6.42 Å². The van der Waals surface area contributed by atoms with Crippen LogP contribution in [0.5, 0.6) is 0 Å². The number of nitrogens with two attached hydrogens (primary N) is 1. The van der Waals surface area contributed by atoms with E-state index in [9.17, 15) is 9.18 Å². The number of alkyl halides is 1. The number of aromatic nitrogens is 2. The van der Waals surface area contributed by atoms with Gasteiger partial charge >= 0.3 is 5.69 Å². The van der Waals surface area contributed by atoms with Crippen LogP contribution in [0.25, 0.3) is 0 Å². The number of hydrogen-bond donors (Lipinski definition) is 1. The van der Waals surface area contributed by atoms with Crippen LogP contribution in [0.4, 0.5) is 10.2 Å². The predicted octanol–water partition coefficient (Wildman–Crippen LogP) is 5.27. The molecule has 2 N–H and O–H groups in total. The van der Waals surface area contributed by atoms with Crippen LogP contribution >= 0.6 is 11.6 Å². The lowest BCUT2D eigenvalue weighted by molar-refractivity contribution is -0.109. The largest absolute Gasteiger partial charge is 0.414 e. The molecule has 1 aliphatic heterocycles. The van der Waals surface area contributed by atoms with Gasteiger partial charge in [-0.25, -0.2) is 9.18 Å². The highest BCUT2D eigenvalue weighted by atomic mass is 35.5. The molecule has 1 aliphatic rings. The predicted molar refractivity (Wildman–Crippen MR) is 136 cm³/mol. The Balaban J connectivity index is 2.48. The van der Waals surface area contributed by atoms with Crippen LogP contribution in [0, 0.1) is 5.82 Å². The third-order valence-electron chi connectivity index (χ3n) is 7.57. The van der Waals surface area contributed by atoms with Crippen molar-refractivity contribution in [2.45, 2.75) is 102 Å². The smallest absolute Gasteiger partial charge is 0.351 e. The van der Waals surface area contributed by atoms with Crippen molar-refractivity contribution in [3.05, 3.63) is 22.5 Å². The van der Waals surface area contributed by atoms with Crippen molar-refractivity contribution in [1.82, 2.24) is 9.55 Å². The van der Waals surface area contributed by atoms with Crippen LogP contribution in [-0.2, 0) is 13.6 Å². The van der Waals surface area contributed by atoms with E-state index in [4.69, 9.17) is 30.9 Å². The Morgan fingerprint density at radius 1 is 1.21 bits per heavy atom. The van der Waals surface area contributed by atoms with E-state index in [1.165, 1.54) is 0 Å². The zero-order chi connectivity index (χ0) is 25.6. The first-order valence-corrected chi connectivity index (χ1v) is 17.7. The maximum Gasteiger partial charge on any atom is 0.351 e. The number of halogens is 2. The molecule has 0 aliphatic carbocycles. The van der Waals surface area contributed by atoms with Crippen molar-refractivity contribution in [3.8, 4) is 0 Å². The highest BCUT2D eigenvalue weighted by Crippen LogP contribution is 2.46. The summed E-state index contributed by atoms with van der Waals surface area (Å²) in [6.45, 7) is 21.8. The van der Waals surface area contributed by atoms with Gasteiger partial charge in [-0.15, -0.1) is 11.6 Å². The summed E-state index contributed by atoms with van der Waals surface area (Å²) in [6.07, 6.45) is 0.137. The summed E-state index contributed by atoms with van der Waals surface area (Å²) in [5.74, 6) is -1.11. The highest BCUT2D eigenvalue weighted by Gasteiger charge is 2.54. The molecule has 33 heavy (non-hydrogen) atoms. The maximum absolute atomic E-state index is 14.2. The average Bonchev–Trinajstić information content (AvgIpc) is 2.99. The second kappa shape index (κ2) is 9.35. The van der Waals surface area contributed by atoms with Crippen molar-refractivity contribution >= 4 is 34.1 Å². The Bertz CT molecular complexity index is 914. The molecule has 0 amide bonds. The number of nitrogen functional groups attached to an aromatic ring is 1. The topological polar surface area (TPSA) is 88.6 Å². The monoisotopic (exact) mass is 521 g/mol. The molecule has 0 bridgehead atoms. The van der Waals surface area contributed by atoms with Gasteiger partial charge in [0.05, 0.1) is 24.8 Å². The Morgan fingerprint density at radius 2 is 1.76 bits per heavy atom. The van der Waals surface area contributed by atoms with E-state index in [0.717, 1.165) is 10.8 Å². The van der Waals surface area contributed by atoms with Gasteiger partial charge in [0, 0.05) is 6.42 Å². The quantitative estimate of drug-likeness (QED) is 0.388. The Hall–Kier alpha value is -0.786. The number of ether oxygens (including phenoxy) is 1. The molecule has 0 aromatic carbocycles. The van der Waals surface area contributed by atoms with Crippen molar-refractivity contribution in [2.24, 2.45) is 0 Å². The average molecular weight is 522 g/mol. The normalized spacial score (nSPS) is 25.0. The van der Waals surface area contributed by atoms with Crippen molar-refractivity contribution in [3.63, 3.8) is 0 Å². The molecule has 1 saturated heterocycles. The molecule has 0 spiro atoms. The van der Waals surface area contributed by atoms with Gasteiger partial charge in [-0.05, 0) is 36.3 Å². The van der Waals surface area contributed by atoms with Gasteiger partial charge in [-0.1, -0.05) is 41.5 Å². The molecule has 7 nitrogen and oxygen atoms in total. The molecule has 1 unspecified atom stereocenters. The third kappa shape index (κ3) is 5.90. The number of hydrogen-bond acceptors (Lipinski definition) is 6. The van der Waals surface area contributed by atoms with Gasteiger partial charge in [0.2, 0.25) is 0 Å². The minimum Gasteiger partial charge on any atom is -0.414 e. The van der Waals surface area contributed by atoms with Crippen molar-refractivity contribution in [1.29, 1.82) is 0 Å². The molecule has 190 valence electrons. The molecule has 3 atom stereocenters. The van der Waals surface area contributed by atoms with Crippen LogP contribution in [0.2, 0.25) is 36.3 Å². The first kappa shape index (κ1) is 28.5. The zero-order valence-electron chi connectivity index (χ0n) is 21.7. The summed E-state index contributed by atoms with van der Waals surface area (Å²) in [5, 5.41) is -0.0512. The summed E-state index contributed by atoms with van der Waals surface area (Å²) in [4.78, 5) is 16.1. The fourth-order valence-corrected chi connectivity index (χ4v) is 5.84. The molecule has 2 heterocycles. The zero-order valence-corrected chi connectivity index (χ0v) is 24.5. The van der Waals surface area contributed by atoms with Crippen LogP contribution in [0.3, 0.4) is 0 Å². The molecule has 1 fully saturated rings. The van der Waals surface area contributed by atoms with E-state index in [1.807, 2.05) is 0 Å². The summed E-state index contributed by atoms with van der Waals surface area (Å²) in [5.41, 5.74) is 3.80. The summed E-state index contributed by atoms with van der Waals surface area (Å²) >= 11 is 6.54. The van der Waals surface area contributed by atoms with Crippen LogP contribution in [-0.4, -0.2) is 50.4 Å². The maximum atomic E-state index is 14.2. The fourth-order valence-electron chi connectivity index (χ4n) is 3.12. The number of anilines is 1. The molecule has 0 saturated carbocycles. The minimum atomic E-state index is -2.23. The molecule has 1 aromatic rings. The van der Waals surface area contributed by atoms with Gasteiger partial charge in [0.1, 0.15) is 11.8 Å². The summed E-state index contributed by atoms with van der Waals surface area (Å²) in [7, 11) is -4.36. The fraction of sp³-hybridized carbons (Fsp3) is 0.818. The first-order chi connectivity index (χ1) is 14.8. The Kier molecular flexibility index (Phi) is 8.06. The standard InChI is InChI=1S/C22H41ClFN3O4Si2/c1-20(2,3)32(7,8)29-14-22(13-23)16(31-33(9,10)21(4,5)6)11-17(30-22)27-12-15(24)18(25)26-19(27)28/h12,16-17H,11,13-14H2,1-10H3,(H2,25,26,28)/t16?,17-,22-/m1/s1. The van der Waals surface area contributed by atoms with E-state index in [1.54, 1.807) is 0 Å². The molecule has 2 rings (SSSR count). The van der Waals surface area contributed by atoms with Crippen molar-refractivity contribution in [2.75, 3.05) is 18.2 Å². The van der Waals surface area contributed by atoms with Crippen LogP contribution in [0.15, 0.2) is 11.0 Å². The van der Waals surface area contributed by atoms with E-state index in [2.05, 4.69) is 72.7 Å². The molecule has 1 aromatic heterocycles. The highest BCUT2D eigenvalue weighted by molar-refractivity contribution is 6.74. The van der Waals surface area contributed by atoms with Gasteiger partial charge in [-0.3, -0.25) is 4.57 Å². The SMILES string of the molecule is CC(C)(C)[Si](C)(C)OC[C@@]1(CCl)O[C@@H](n2cc(F)c(N)nc2=O)CC1O[Si](C)(C)C(C)(C)C. The van der Waals surface area contributed by atoms with Gasteiger partial charge < -0.3 is 19.3 Å². The lowest BCUT2D eigenvalue weighted by Gasteiger charge is -2.44. The minimum absolute atomic E-state index is 0.00473. The van der Waals surface area contributed by atoms with E-state index in [-0.39, 0.29) is 22.6 Å². The van der Waals surface area contributed by atoms with E-state index >= 15 is 0 Å². The Morgan fingerprint density at radius 3 is 2.24 bits per heavy atom. The molecular formula is C22H41ClFN3O4Si2. The van der Waals surface area contributed by atoms with Crippen molar-refractivity contribution < 1.29 is 18.0 Å². The first-order valence-electron chi connectivity index (χ1n) is 11.4. The lowest BCUT2D eigenvalue weighted by atomic mass is 10.0. The number of rotatable bonds is 7. The third-order valence-corrected chi connectivity index (χ3v) is 17.0. The van der Waals surface area contributed by atoms with Gasteiger partial charge in [-0.2, -0.15) is 4.98 Å². The lowest BCUT2D eigenvalue weighted by Crippen LogP contribution is -2.55. The van der Waals surface area contributed by atoms with Gasteiger partial charge in [0.25, 0.3) is 0 Å². The summed E-state index contributed by atoms with van der Waals surface area (Å²) in [6, 6.07) is 0. The molecule has 0 radical (unpaired) electrons. The second-order valence-corrected chi connectivity index (χ2v) is 21.9. The Labute approximate surface area is 204 Å². The van der Waals surface area contributed by atoms with E-state index < -0.39 is 51.9 Å². The molecule has 11 heteroatoms. The number of nitrogens with zero attached hydrogens (tertiary/aromatic N) is 2. The van der Waals surface area contributed by atoms with Gasteiger partial charge in [0.15, 0.2) is 28.3 Å². The molecular weight excluding hydrogens is 481 g/mol. The second-order valence-electron chi connectivity index (χ2n) is 12.1. The summed E-state index contributed by atoms with van der Waals surface area (Å²) < 4.78 is 35.0. The van der Waals surface area contributed by atoms with Crippen LogP contribution < -0.4 is 11.4 Å². The van der Waals surface area contributed by atoms with Crippen LogP contribution in [0.1, 0.15) is 54.2 Å².